The smallest absolute Gasteiger partial charge is 0.183 e. The number of hydrogen-bond donors (Lipinski definition) is 1. The summed E-state index contributed by atoms with van der Waals surface area (Å²) in [4.78, 5) is 10.1. The topological polar surface area (TPSA) is 37.8 Å². The maximum atomic E-state index is 5.89. The average molecular weight is 412 g/mol. The van der Waals surface area contributed by atoms with E-state index in [2.05, 4.69) is 72.0 Å². The van der Waals surface area contributed by atoms with E-state index < -0.39 is 0 Å². The number of halogens is 1. The molecule has 0 radical (unpaired) electrons. The third-order valence-electron chi connectivity index (χ3n) is 4.26. The molecule has 0 fully saturated rings. The van der Waals surface area contributed by atoms with Crippen LogP contribution in [-0.4, -0.2) is 9.97 Å². The Kier molecular flexibility index (Phi) is 5.25. The van der Waals surface area contributed by atoms with Gasteiger partial charge in [0.1, 0.15) is 5.01 Å². The zero-order valence-electron chi connectivity index (χ0n) is 15.0. The standard InChI is InChI=1S/C21H18ClN3S2/c1-13-6-7-18(14(2)8-13)19-12-26-20(25-19)15-4-3-5-16(9-15)23-10-17-11-24-21(22)27-17/h3-9,11-12,23H,10H2,1-2H3. The predicted molar refractivity (Wildman–Crippen MR) is 117 cm³/mol. The van der Waals surface area contributed by atoms with Gasteiger partial charge in [0.25, 0.3) is 0 Å². The Hall–Kier alpha value is -2.21. The quantitative estimate of drug-likeness (QED) is 0.391. The normalized spacial score (nSPS) is 10.9. The first-order valence-corrected chi connectivity index (χ1v) is 10.6. The lowest BCUT2D eigenvalue weighted by molar-refractivity contribution is 1.17. The summed E-state index contributed by atoms with van der Waals surface area (Å²) >= 11 is 9.06. The number of hydrogen-bond acceptors (Lipinski definition) is 5. The molecule has 0 bridgehead atoms. The Morgan fingerprint density at radius 1 is 1.11 bits per heavy atom. The molecule has 2 aromatic carbocycles. The second kappa shape index (κ2) is 7.80. The molecule has 0 aliphatic heterocycles. The number of nitrogens with zero attached hydrogens (tertiary/aromatic N) is 2. The summed E-state index contributed by atoms with van der Waals surface area (Å²) in [6.07, 6.45) is 1.81. The van der Waals surface area contributed by atoms with Crippen molar-refractivity contribution in [2.24, 2.45) is 0 Å². The fourth-order valence-corrected chi connectivity index (χ4v) is 4.68. The number of thiazole rings is 2. The van der Waals surface area contributed by atoms with Gasteiger partial charge in [-0.15, -0.1) is 22.7 Å². The van der Waals surface area contributed by atoms with E-state index in [1.807, 2.05) is 0 Å². The maximum Gasteiger partial charge on any atom is 0.183 e. The summed E-state index contributed by atoms with van der Waals surface area (Å²) in [6, 6.07) is 14.8. The lowest BCUT2D eigenvalue weighted by Crippen LogP contribution is -1.97. The zero-order valence-corrected chi connectivity index (χ0v) is 17.4. The van der Waals surface area contributed by atoms with Gasteiger partial charge in [0.05, 0.1) is 12.2 Å². The second-order valence-corrected chi connectivity index (χ2v) is 8.93. The summed E-state index contributed by atoms with van der Waals surface area (Å²) in [6.45, 7) is 4.96. The van der Waals surface area contributed by atoms with Crippen molar-refractivity contribution in [1.29, 1.82) is 0 Å². The van der Waals surface area contributed by atoms with Gasteiger partial charge in [-0.25, -0.2) is 9.97 Å². The minimum atomic E-state index is 0.572. The van der Waals surface area contributed by atoms with Crippen LogP contribution in [0, 0.1) is 13.8 Å². The number of nitrogens with one attached hydrogen (secondary N) is 1. The van der Waals surface area contributed by atoms with Crippen molar-refractivity contribution in [3.63, 3.8) is 0 Å². The van der Waals surface area contributed by atoms with Crippen molar-refractivity contribution in [3.05, 3.63) is 74.5 Å². The molecule has 27 heavy (non-hydrogen) atoms. The summed E-state index contributed by atoms with van der Waals surface area (Å²) in [7, 11) is 0. The maximum absolute atomic E-state index is 5.89. The van der Waals surface area contributed by atoms with Gasteiger partial charge in [-0.1, -0.05) is 47.5 Å². The highest BCUT2D eigenvalue weighted by atomic mass is 35.5. The minimum absolute atomic E-state index is 0.572. The van der Waals surface area contributed by atoms with Gasteiger partial charge in [0, 0.05) is 33.3 Å². The van der Waals surface area contributed by atoms with Gasteiger partial charge >= 0.3 is 0 Å². The van der Waals surface area contributed by atoms with Crippen LogP contribution in [0.4, 0.5) is 5.69 Å². The molecule has 0 saturated heterocycles. The fourth-order valence-electron chi connectivity index (χ4n) is 2.95. The van der Waals surface area contributed by atoms with Crippen LogP contribution in [0.5, 0.6) is 0 Å². The number of benzene rings is 2. The molecule has 0 unspecified atom stereocenters. The third-order valence-corrected chi connectivity index (χ3v) is 6.27. The highest BCUT2D eigenvalue weighted by Gasteiger charge is 2.09. The molecular formula is C21H18ClN3S2. The Morgan fingerprint density at radius 3 is 2.78 bits per heavy atom. The Labute approximate surface area is 171 Å². The Bertz CT molecular complexity index is 1080. The SMILES string of the molecule is Cc1ccc(-c2csc(-c3cccc(NCc4cnc(Cl)s4)c3)n2)c(C)c1. The van der Waals surface area contributed by atoms with Crippen molar-refractivity contribution in [1.82, 2.24) is 9.97 Å². The van der Waals surface area contributed by atoms with Crippen LogP contribution in [0.15, 0.2) is 54.0 Å². The van der Waals surface area contributed by atoms with E-state index in [0.717, 1.165) is 26.8 Å². The molecule has 0 saturated carbocycles. The zero-order chi connectivity index (χ0) is 18.8. The molecule has 1 N–H and O–H groups in total. The van der Waals surface area contributed by atoms with Crippen LogP contribution in [-0.2, 0) is 6.54 Å². The second-order valence-electron chi connectivity index (χ2n) is 6.37. The van der Waals surface area contributed by atoms with Crippen LogP contribution in [0.3, 0.4) is 0 Å². The molecule has 2 heterocycles. The van der Waals surface area contributed by atoms with E-state index in [0.29, 0.717) is 11.0 Å². The number of aryl methyl sites for hydroxylation is 2. The van der Waals surface area contributed by atoms with Gasteiger partial charge in [0.2, 0.25) is 0 Å². The molecule has 136 valence electrons. The molecule has 0 amide bonds. The summed E-state index contributed by atoms with van der Waals surface area (Å²) < 4.78 is 0.572. The van der Waals surface area contributed by atoms with Gasteiger partial charge in [0.15, 0.2) is 4.47 Å². The van der Waals surface area contributed by atoms with Crippen molar-refractivity contribution in [3.8, 4) is 21.8 Å². The van der Waals surface area contributed by atoms with E-state index >= 15 is 0 Å². The van der Waals surface area contributed by atoms with Crippen LogP contribution in [0.2, 0.25) is 4.47 Å². The third kappa shape index (κ3) is 4.21. The van der Waals surface area contributed by atoms with Crippen molar-refractivity contribution >= 4 is 40.0 Å². The van der Waals surface area contributed by atoms with Crippen LogP contribution >= 0.6 is 34.3 Å². The highest BCUT2D eigenvalue weighted by Crippen LogP contribution is 2.32. The lowest BCUT2D eigenvalue weighted by Gasteiger charge is -2.06. The van der Waals surface area contributed by atoms with Gasteiger partial charge in [-0.3, -0.25) is 0 Å². The predicted octanol–water partition coefficient (Wildman–Crippen LogP) is 6.82. The summed E-state index contributed by atoms with van der Waals surface area (Å²) in [5, 5.41) is 6.58. The molecule has 4 rings (SSSR count). The molecule has 2 aromatic heterocycles. The van der Waals surface area contributed by atoms with E-state index in [1.165, 1.54) is 28.0 Å². The van der Waals surface area contributed by atoms with Gasteiger partial charge in [-0.2, -0.15) is 0 Å². The first-order valence-electron chi connectivity index (χ1n) is 8.56. The average Bonchev–Trinajstić information content (AvgIpc) is 3.29. The number of rotatable bonds is 5. The molecular weight excluding hydrogens is 394 g/mol. The van der Waals surface area contributed by atoms with Crippen molar-refractivity contribution in [2.45, 2.75) is 20.4 Å². The summed E-state index contributed by atoms with van der Waals surface area (Å²) in [5.74, 6) is 0. The molecule has 0 spiro atoms. The Balaban J connectivity index is 1.54. The number of aromatic nitrogens is 2. The van der Waals surface area contributed by atoms with E-state index in [9.17, 15) is 0 Å². The molecule has 0 atom stereocenters. The van der Waals surface area contributed by atoms with E-state index in [-0.39, 0.29) is 0 Å². The minimum Gasteiger partial charge on any atom is -0.380 e. The molecule has 0 aliphatic rings. The van der Waals surface area contributed by atoms with E-state index in [1.54, 1.807) is 17.5 Å². The Morgan fingerprint density at radius 2 is 2.00 bits per heavy atom. The fraction of sp³-hybridized carbons (Fsp3) is 0.143. The molecule has 4 aromatic rings. The monoisotopic (exact) mass is 411 g/mol. The van der Waals surface area contributed by atoms with Crippen LogP contribution in [0.1, 0.15) is 16.0 Å². The van der Waals surface area contributed by atoms with Crippen molar-refractivity contribution < 1.29 is 0 Å². The molecule has 3 nitrogen and oxygen atoms in total. The van der Waals surface area contributed by atoms with Crippen LogP contribution < -0.4 is 5.32 Å². The van der Waals surface area contributed by atoms with Crippen LogP contribution in [0.25, 0.3) is 21.8 Å². The number of anilines is 1. The largest absolute Gasteiger partial charge is 0.380 e. The first kappa shape index (κ1) is 18.2. The highest BCUT2D eigenvalue weighted by molar-refractivity contribution is 7.15. The summed E-state index contributed by atoms with van der Waals surface area (Å²) in [5.41, 5.74) is 6.92. The first-order chi connectivity index (χ1) is 13.1. The lowest BCUT2D eigenvalue weighted by atomic mass is 10.0. The molecule has 0 aliphatic carbocycles. The molecule has 6 heteroatoms. The van der Waals surface area contributed by atoms with Crippen molar-refractivity contribution in [2.75, 3.05) is 5.32 Å². The van der Waals surface area contributed by atoms with Gasteiger partial charge < -0.3 is 5.32 Å². The van der Waals surface area contributed by atoms with E-state index in [4.69, 9.17) is 16.6 Å². The van der Waals surface area contributed by atoms with Gasteiger partial charge in [-0.05, 0) is 31.5 Å².